The van der Waals surface area contributed by atoms with E-state index in [1.54, 1.807) is 22.4 Å². The summed E-state index contributed by atoms with van der Waals surface area (Å²) < 4.78 is 12.5. The molecule has 2 aliphatic heterocycles. The molecule has 11 nitrogen and oxygen atoms in total. The summed E-state index contributed by atoms with van der Waals surface area (Å²) in [6.07, 6.45) is -0.0963. The highest BCUT2D eigenvalue weighted by molar-refractivity contribution is 7.14. The Kier molecular flexibility index (Phi) is 9.90. The van der Waals surface area contributed by atoms with E-state index in [-0.39, 0.29) is 41.8 Å². The van der Waals surface area contributed by atoms with Gasteiger partial charge in [0.1, 0.15) is 18.5 Å². The molecule has 2 saturated heterocycles. The lowest BCUT2D eigenvalue weighted by Gasteiger charge is -2.53. The molecule has 1 N–H and O–H groups in total. The van der Waals surface area contributed by atoms with E-state index in [0.29, 0.717) is 30.8 Å². The zero-order valence-electron chi connectivity index (χ0n) is 27.1. The summed E-state index contributed by atoms with van der Waals surface area (Å²) in [7, 11) is -1.56. The van der Waals surface area contributed by atoms with Gasteiger partial charge in [-0.15, -0.1) is 11.3 Å². The molecule has 2 fully saturated rings. The van der Waals surface area contributed by atoms with Crippen LogP contribution in [-0.4, -0.2) is 67.8 Å². The van der Waals surface area contributed by atoms with Crippen molar-refractivity contribution in [3.05, 3.63) is 112 Å². The number of non-ortho nitro benzene ring substituents is 1. The number of nitro groups is 1. The van der Waals surface area contributed by atoms with Crippen LogP contribution in [0.1, 0.15) is 43.2 Å². The Morgan fingerprint density at radius 2 is 1.65 bits per heavy atom. The first-order chi connectivity index (χ1) is 23.1. The lowest BCUT2D eigenvalue weighted by molar-refractivity contribution is -0.384. The first-order valence-corrected chi connectivity index (χ1v) is 18.2. The summed E-state index contributed by atoms with van der Waals surface area (Å²) >= 11 is 1.43. The molecule has 0 aliphatic carbocycles. The molecule has 3 aromatic carbocycles. The normalized spacial score (nSPS) is 19.2. The molecule has 4 aromatic rings. The zero-order chi connectivity index (χ0) is 33.8. The molecule has 2 amide bonds. The van der Waals surface area contributed by atoms with Crippen LogP contribution >= 0.6 is 11.3 Å². The van der Waals surface area contributed by atoms with Crippen LogP contribution in [0.15, 0.2) is 90.3 Å². The maximum absolute atomic E-state index is 13.3. The Balaban J connectivity index is 1.07. The van der Waals surface area contributed by atoms with Gasteiger partial charge in [0, 0.05) is 49.1 Å². The minimum absolute atomic E-state index is 0.00248. The number of thiazole rings is 1. The van der Waals surface area contributed by atoms with E-state index in [1.165, 1.54) is 33.8 Å². The third-order valence-electron chi connectivity index (χ3n) is 8.73. The summed E-state index contributed by atoms with van der Waals surface area (Å²) in [4.78, 5) is 44.8. The Hall–Kier alpha value is -4.59. The molecule has 48 heavy (non-hydrogen) atoms. The van der Waals surface area contributed by atoms with E-state index < -0.39 is 20.1 Å². The smallest absolute Gasteiger partial charge is 0.410 e. The van der Waals surface area contributed by atoms with Crippen molar-refractivity contribution in [2.45, 2.75) is 46.1 Å². The van der Waals surface area contributed by atoms with Gasteiger partial charge in [-0.1, -0.05) is 81.4 Å². The van der Waals surface area contributed by atoms with Crippen LogP contribution in [0, 0.1) is 21.4 Å². The molecule has 1 radical (unpaired) electrons. The Morgan fingerprint density at radius 1 is 1.00 bits per heavy atom. The molecule has 2 aliphatic rings. The summed E-state index contributed by atoms with van der Waals surface area (Å²) in [5.41, 5.74) is 0.974. The van der Waals surface area contributed by atoms with Crippen molar-refractivity contribution in [3.8, 4) is 0 Å². The van der Waals surface area contributed by atoms with Gasteiger partial charge in [0.15, 0.2) is 5.13 Å². The summed E-state index contributed by atoms with van der Waals surface area (Å²) in [5, 5.41) is 18.7. The number of amides is 2. The van der Waals surface area contributed by atoms with Crippen LogP contribution in [0.4, 0.5) is 15.6 Å². The molecule has 2 unspecified atom stereocenters. The monoisotopic (exact) mass is 684 g/mol. The van der Waals surface area contributed by atoms with Gasteiger partial charge < -0.3 is 24.3 Å². The second kappa shape index (κ2) is 14.3. The SMILES string of the molecule is CC(C)(C)C1CN(c2nc(C(=O)N[C@H]3CCN(C(=O)OCc4ccc([N+](=O)[O-])cc4)C3)cs2)C1O[Si](c1ccccc1)c1ccccc1. The number of anilines is 1. The predicted molar refractivity (Wildman–Crippen MR) is 186 cm³/mol. The van der Waals surface area contributed by atoms with E-state index in [0.717, 1.165) is 11.7 Å². The van der Waals surface area contributed by atoms with Crippen molar-refractivity contribution >= 4 is 53.6 Å². The average molecular weight is 685 g/mol. The quantitative estimate of drug-likeness (QED) is 0.143. The van der Waals surface area contributed by atoms with Crippen LogP contribution in [0.3, 0.4) is 0 Å². The summed E-state index contributed by atoms with van der Waals surface area (Å²) in [6.45, 7) is 8.25. The molecule has 0 bridgehead atoms. The predicted octanol–water partition coefficient (Wildman–Crippen LogP) is 4.82. The van der Waals surface area contributed by atoms with Crippen molar-refractivity contribution in [1.29, 1.82) is 0 Å². The fourth-order valence-corrected chi connectivity index (χ4v) is 8.85. The molecule has 13 heteroatoms. The molecule has 3 heterocycles. The Bertz CT molecular complexity index is 1690. The molecular formula is C35H38N5O6SSi. The number of carbonyl (C=O) groups is 2. The topological polar surface area (TPSA) is 127 Å². The van der Waals surface area contributed by atoms with Gasteiger partial charge in [-0.2, -0.15) is 0 Å². The number of nitrogens with one attached hydrogen (secondary N) is 1. The van der Waals surface area contributed by atoms with E-state index in [4.69, 9.17) is 14.1 Å². The maximum Gasteiger partial charge on any atom is 0.410 e. The van der Waals surface area contributed by atoms with Gasteiger partial charge in [-0.3, -0.25) is 14.9 Å². The lowest BCUT2D eigenvalue weighted by atomic mass is 9.74. The van der Waals surface area contributed by atoms with Crippen molar-refractivity contribution < 1.29 is 23.7 Å². The van der Waals surface area contributed by atoms with Crippen LogP contribution in [0.5, 0.6) is 0 Å². The van der Waals surface area contributed by atoms with Gasteiger partial charge in [0.25, 0.3) is 20.6 Å². The number of hydrogen-bond donors (Lipinski definition) is 1. The van der Waals surface area contributed by atoms with Gasteiger partial charge in [0.05, 0.1) is 4.92 Å². The van der Waals surface area contributed by atoms with Gasteiger partial charge in [-0.25, -0.2) is 9.78 Å². The maximum atomic E-state index is 13.3. The molecule has 1 aromatic heterocycles. The first kappa shape index (κ1) is 33.3. The number of aromatic nitrogens is 1. The molecule has 249 valence electrons. The third-order valence-corrected chi connectivity index (χ3v) is 11.8. The molecule has 0 spiro atoms. The number of carbonyl (C=O) groups excluding carboxylic acids is 2. The summed E-state index contributed by atoms with van der Waals surface area (Å²) in [5.74, 6) is -0.0111. The van der Waals surface area contributed by atoms with Crippen LogP contribution in [0.25, 0.3) is 0 Å². The highest BCUT2D eigenvalue weighted by atomic mass is 32.1. The molecule has 3 atom stereocenters. The number of benzene rings is 3. The standard InChI is InChI=1S/C35H38N5O6SSi/c1-35(2,3)29-21-39(32(29)46-48(27-10-6-4-7-11-27)28-12-8-5-9-13-28)33-37-30(23-47-33)31(41)36-25-18-19-38(20-25)34(42)45-22-24-14-16-26(17-15-24)40(43)44/h4-17,23,25,29,32H,18-22H2,1-3H3,(H,36,41)/t25-,29?,32?/m0/s1. The second-order valence-electron chi connectivity index (χ2n) is 13.1. The van der Waals surface area contributed by atoms with E-state index in [2.05, 4.69) is 55.3 Å². The van der Waals surface area contributed by atoms with Gasteiger partial charge in [0.2, 0.25) is 0 Å². The number of likely N-dealkylation sites (tertiary alicyclic amines) is 1. The van der Waals surface area contributed by atoms with E-state index in [1.807, 2.05) is 36.4 Å². The van der Waals surface area contributed by atoms with Crippen LogP contribution < -0.4 is 20.6 Å². The first-order valence-electron chi connectivity index (χ1n) is 15.9. The number of nitro benzene ring substituents is 1. The number of nitrogens with zero attached hydrogens (tertiary/aromatic N) is 4. The van der Waals surface area contributed by atoms with Crippen molar-refractivity contribution in [2.75, 3.05) is 24.5 Å². The van der Waals surface area contributed by atoms with E-state index >= 15 is 0 Å². The number of rotatable bonds is 10. The van der Waals surface area contributed by atoms with Crippen molar-refractivity contribution in [2.24, 2.45) is 11.3 Å². The molecule has 6 rings (SSSR count). The lowest BCUT2D eigenvalue weighted by Crippen LogP contribution is -2.65. The van der Waals surface area contributed by atoms with Gasteiger partial charge >= 0.3 is 6.09 Å². The fraction of sp³-hybridized carbons (Fsp3) is 0.343. The average Bonchev–Trinajstić information content (AvgIpc) is 3.74. The zero-order valence-corrected chi connectivity index (χ0v) is 28.9. The third kappa shape index (κ3) is 7.59. The van der Waals surface area contributed by atoms with Crippen LogP contribution in [-0.2, 0) is 15.8 Å². The molecule has 0 saturated carbocycles. The minimum Gasteiger partial charge on any atom is -0.445 e. The highest BCUT2D eigenvalue weighted by Gasteiger charge is 2.49. The summed E-state index contributed by atoms with van der Waals surface area (Å²) in [6, 6.07) is 26.4. The Labute approximate surface area is 285 Å². The molecular weight excluding hydrogens is 647 g/mol. The second-order valence-corrected chi connectivity index (χ2v) is 16.0. The van der Waals surface area contributed by atoms with Crippen molar-refractivity contribution in [3.63, 3.8) is 0 Å². The van der Waals surface area contributed by atoms with Crippen molar-refractivity contribution in [1.82, 2.24) is 15.2 Å². The van der Waals surface area contributed by atoms with Gasteiger partial charge in [-0.05, 0) is 39.9 Å². The van der Waals surface area contributed by atoms with E-state index in [9.17, 15) is 19.7 Å². The minimum atomic E-state index is -1.56. The highest BCUT2D eigenvalue weighted by Crippen LogP contribution is 2.43. The fourth-order valence-electron chi connectivity index (χ4n) is 5.88. The largest absolute Gasteiger partial charge is 0.445 e. The van der Waals surface area contributed by atoms with Crippen LogP contribution in [0.2, 0.25) is 0 Å². The number of hydrogen-bond acceptors (Lipinski definition) is 9. The Morgan fingerprint density at radius 3 is 2.25 bits per heavy atom. The number of ether oxygens (including phenoxy) is 1.